The Bertz CT molecular complexity index is 326. The van der Waals surface area contributed by atoms with Crippen molar-refractivity contribution in [1.29, 1.82) is 0 Å². The Morgan fingerprint density at radius 3 is 1.93 bits per heavy atom. The average Bonchev–Trinajstić information content (AvgIpc) is 2.52. The van der Waals surface area contributed by atoms with Crippen LogP contribution in [0.3, 0.4) is 0 Å². The van der Waals surface area contributed by atoms with Crippen LogP contribution in [0.5, 0.6) is 0 Å². The van der Waals surface area contributed by atoms with Crippen LogP contribution in [-0.4, -0.2) is 23.1 Å². The molecule has 0 aromatic heterocycles. The fraction of sp³-hybridized carbons (Fsp3) is 0.636. The fourth-order valence-corrected chi connectivity index (χ4v) is 4.56. The molecule has 82 valence electrons. The summed E-state index contributed by atoms with van der Waals surface area (Å²) in [6.07, 6.45) is 1.03. The number of allylic oxidation sites excluding steroid dienone is 1. The second kappa shape index (κ2) is 3.98. The van der Waals surface area contributed by atoms with Crippen molar-refractivity contribution < 1.29 is 9.59 Å². The highest BCUT2D eigenvalue weighted by molar-refractivity contribution is 8.25. The minimum atomic E-state index is -0.147. The van der Waals surface area contributed by atoms with Gasteiger partial charge in [-0.25, -0.2) is 0 Å². The summed E-state index contributed by atoms with van der Waals surface area (Å²) >= 11 is 3.31. The van der Waals surface area contributed by atoms with Crippen molar-refractivity contribution >= 4 is 35.1 Å². The van der Waals surface area contributed by atoms with Gasteiger partial charge in [-0.15, -0.1) is 23.5 Å². The number of thioether (sulfide) groups is 2. The first-order chi connectivity index (χ1) is 6.99. The van der Waals surface area contributed by atoms with Crippen molar-refractivity contribution in [2.75, 3.05) is 11.5 Å². The van der Waals surface area contributed by atoms with E-state index < -0.39 is 0 Å². The van der Waals surface area contributed by atoms with Crippen LogP contribution in [0.4, 0.5) is 0 Å². The first-order valence-corrected chi connectivity index (χ1v) is 7.03. The van der Waals surface area contributed by atoms with Gasteiger partial charge in [0.05, 0.1) is 9.81 Å². The van der Waals surface area contributed by atoms with Crippen LogP contribution in [-0.2, 0) is 9.59 Å². The van der Waals surface area contributed by atoms with Gasteiger partial charge >= 0.3 is 0 Å². The molecule has 2 nitrogen and oxygen atoms in total. The highest BCUT2D eigenvalue weighted by atomic mass is 32.2. The molecule has 1 heterocycles. The van der Waals surface area contributed by atoms with Gasteiger partial charge in [0.1, 0.15) is 0 Å². The van der Waals surface area contributed by atoms with Crippen LogP contribution in [0.1, 0.15) is 26.7 Å². The number of Topliss-reactive ketones (excluding diaryl/α,β-unsaturated/α-hetero) is 2. The Morgan fingerprint density at radius 2 is 1.47 bits per heavy atom. The molecule has 1 saturated carbocycles. The normalized spacial score (nSPS) is 26.3. The zero-order valence-corrected chi connectivity index (χ0v) is 10.6. The first kappa shape index (κ1) is 11.3. The summed E-state index contributed by atoms with van der Waals surface area (Å²) < 4.78 is 0.973. The summed E-state index contributed by atoms with van der Waals surface area (Å²) in [7, 11) is 0. The minimum Gasteiger partial charge on any atom is -0.294 e. The molecule has 15 heavy (non-hydrogen) atoms. The largest absolute Gasteiger partial charge is 0.294 e. The number of hydrogen-bond acceptors (Lipinski definition) is 4. The number of rotatable bonds is 0. The molecule has 4 heteroatoms. The topological polar surface area (TPSA) is 34.1 Å². The van der Waals surface area contributed by atoms with E-state index in [-0.39, 0.29) is 17.0 Å². The lowest BCUT2D eigenvalue weighted by atomic mass is 9.74. The maximum Gasteiger partial charge on any atom is 0.168 e. The molecule has 1 saturated heterocycles. The Balaban J connectivity index is 2.31. The van der Waals surface area contributed by atoms with E-state index >= 15 is 0 Å². The number of ketones is 2. The Kier molecular flexibility index (Phi) is 2.99. The van der Waals surface area contributed by atoms with E-state index in [2.05, 4.69) is 0 Å². The molecule has 2 aliphatic rings. The van der Waals surface area contributed by atoms with E-state index in [4.69, 9.17) is 0 Å². The zero-order chi connectivity index (χ0) is 11.1. The van der Waals surface area contributed by atoms with Crippen LogP contribution >= 0.6 is 23.5 Å². The predicted octanol–water partition coefficient (Wildman–Crippen LogP) is 2.64. The Morgan fingerprint density at radius 1 is 1.00 bits per heavy atom. The van der Waals surface area contributed by atoms with E-state index in [1.807, 2.05) is 13.8 Å². The third kappa shape index (κ3) is 2.31. The summed E-state index contributed by atoms with van der Waals surface area (Å²) in [5.41, 5.74) is 0.355. The van der Waals surface area contributed by atoms with Gasteiger partial charge < -0.3 is 0 Å². The van der Waals surface area contributed by atoms with Crippen LogP contribution in [0.2, 0.25) is 0 Å². The highest BCUT2D eigenvalue weighted by Crippen LogP contribution is 2.43. The molecule has 1 aliphatic carbocycles. The van der Waals surface area contributed by atoms with Crippen LogP contribution in [0, 0.1) is 5.41 Å². The molecule has 0 amide bonds. The number of carbonyl (C=O) groups excluding carboxylic acids is 2. The number of hydrogen-bond donors (Lipinski definition) is 0. The van der Waals surface area contributed by atoms with Crippen LogP contribution in [0.25, 0.3) is 0 Å². The van der Waals surface area contributed by atoms with E-state index in [1.165, 1.54) is 0 Å². The lowest BCUT2D eigenvalue weighted by Gasteiger charge is -2.28. The summed E-state index contributed by atoms with van der Waals surface area (Å²) in [6.45, 7) is 3.97. The van der Waals surface area contributed by atoms with Crippen molar-refractivity contribution in [2.45, 2.75) is 26.7 Å². The fourth-order valence-electron chi connectivity index (χ4n) is 1.95. The van der Waals surface area contributed by atoms with Gasteiger partial charge in [-0.05, 0) is 5.41 Å². The lowest BCUT2D eigenvalue weighted by Crippen LogP contribution is -2.31. The van der Waals surface area contributed by atoms with E-state index in [1.54, 1.807) is 23.5 Å². The Hall–Kier alpha value is -0.220. The highest BCUT2D eigenvalue weighted by Gasteiger charge is 2.38. The molecule has 2 rings (SSSR count). The smallest absolute Gasteiger partial charge is 0.168 e. The quantitative estimate of drug-likeness (QED) is 0.483. The van der Waals surface area contributed by atoms with Crippen LogP contribution < -0.4 is 0 Å². The predicted molar refractivity (Wildman–Crippen MR) is 65.0 cm³/mol. The van der Waals surface area contributed by atoms with Crippen molar-refractivity contribution in [2.24, 2.45) is 5.41 Å². The summed E-state index contributed by atoms with van der Waals surface area (Å²) in [5.74, 6) is 2.14. The molecule has 0 aromatic carbocycles. The molecule has 1 aliphatic heterocycles. The first-order valence-electron chi connectivity index (χ1n) is 5.06. The number of carbonyl (C=O) groups is 2. The maximum absolute atomic E-state index is 11.9. The van der Waals surface area contributed by atoms with Gasteiger partial charge in [0, 0.05) is 24.3 Å². The lowest BCUT2D eigenvalue weighted by molar-refractivity contribution is -0.127. The summed E-state index contributed by atoms with van der Waals surface area (Å²) in [6, 6.07) is 0. The van der Waals surface area contributed by atoms with Gasteiger partial charge in [-0.2, -0.15) is 0 Å². The van der Waals surface area contributed by atoms with Crippen molar-refractivity contribution in [3.8, 4) is 0 Å². The van der Waals surface area contributed by atoms with Crippen LogP contribution in [0.15, 0.2) is 9.81 Å². The van der Waals surface area contributed by atoms with Gasteiger partial charge in [0.2, 0.25) is 0 Å². The third-order valence-corrected chi connectivity index (χ3v) is 5.30. The molecule has 0 unspecified atom stereocenters. The van der Waals surface area contributed by atoms with Gasteiger partial charge in [0.15, 0.2) is 11.6 Å². The SMILES string of the molecule is CC1(C)CC(=O)C(=C2SCCS2)C(=O)C1. The maximum atomic E-state index is 11.9. The second-order valence-corrected chi connectivity index (χ2v) is 7.19. The van der Waals surface area contributed by atoms with Crippen molar-refractivity contribution in [3.05, 3.63) is 9.81 Å². The molecule has 0 radical (unpaired) electrons. The van der Waals surface area contributed by atoms with E-state index in [0.717, 1.165) is 15.7 Å². The third-order valence-electron chi connectivity index (χ3n) is 2.59. The second-order valence-electron chi connectivity index (χ2n) is 4.72. The average molecular weight is 242 g/mol. The van der Waals surface area contributed by atoms with Crippen molar-refractivity contribution in [1.82, 2.24) is 0 Å². The minimum absolute atomic E-state index is 0.0492. The standard InChI is InChI=1S/C11H14O2S2/c1-11(2)5-7(12)9(8(13)6-11)10-14-3-4-15-10/h3-6H2,1-2H3. The van der Waals surface area contributed by atoms with E-state index in [9.17, 15) is 9.59 Å². The molecule has 0 N–H and O–H groups in total. The Labute approximate surface area is 98.3 Å². The summed E-state index contributed by atoms with van der Waals surface area (Å²) in [5, 5.41) is 0. The van der Waals surface area contributed by atoms with E-state index in [0.29, 0.717) is 18.4 Å². The van der Waals surface area contributed by atoms with Gasteiger partial charge in [0.25, 0.3) is 0 Å². The summed E-state index contributed by atoms with van der Waals surface area (Å²) in [4.78, 5) is 23.8. The molecule has 0 atom stereocenters. The zero-order valence-electron chi connectivity index (χ0n) is 8.96. The monoisotopic (exact) mass is 242 g/mol. The van der Waals surface area contributed by atoms with Crippen molar-refractivity contribution in [3.63, 3.8) is 0 Å². The molecular weight excluding hydrogens is 228 g/mol. The molecule has 2 fully saturated rings. The molecular formula is C11H14O2S2. The molecule has 0 aromatic rings. The molecule has 0 spiro atoms. The van der Waals surface area contributed by atoms with Gasteiger partial charge in [-0.1, -0.05) is 13.8 Å². The molecule has 0 bridgehead atoms. The van der Waals surface area contributed by atoms with Gasteiger partial charge in [-0.3, -0.25) is 9.59 Å².